The Hall–Kier alpha value is -0.290. The Morgan fingerprint density at radius 1 is 1.31 bits per heavy atom. The van der Waals surface area contributed by atoms with E-state index in [1.165, 1.54) is 0 Å². The molecule has 0 amide bonds. The van der Waals surface area contributed by atoms with Gasteiger partial charge in [-0.3, -0.25) is 0 Å². The fraction of sp³-hybridized carbons (Fsp3) is 1.00. The number of alkyl halides is 3. The van der Waals surface area contributed by atoms with Crippen LogP contribution in [0.4, 0.5) is 13.2 Å². The lowest BCUT2D eigenvalue weighted by Crippen LogP contribution is -2.42. The molecule has 0 aromatic heterocycles. The third kappa shape index (κ3) is 4.70. The zero-order valence-corrected chi connectivity index (χ0v) is 9.70. The van der Waals surface area contributed by atoms with Gasteiger partial charge in [0.25, 0.3) is 0 Å². The molecular formula is C11H20F3NO. The van der Waals surface area contributed by atoms with Crippen molar-refractivity contribution in [3.8, 4) is 0 Å². The molecule has 0 unspecified atom stereocenters. The van der Waals surface area contributed by atoms with Gasteiger partial charge in [0.1, 0.15) is 0 Å². The average molecular weight is 239 g/mol. The largest absolute Gasteiger partial charge is 0.389 e. The number of rotatable bonds is 7. The predicted octanol–water partition coefficient (Wildman–Crippen LogP) is 2.88. The molecule has 1 aliphatic rings. The molecule has 0 atom stereocenters. The standard InChI is InChI=1S/C11H20F3NO/c1-15-8-7-10(4-2-5-10)16-9-3-6-11(12,13)14/h15H,2-9H2,1H3. The third-order valence-corrected chi connectivity index (χ3v) is 3.11. The lowest BCUT2D eigenvalue weighted by atomic mass is 9.77. The van der Waals surface area contributed by atoms with E-state index < -0.39 is 12.6 Å². The second-order valence-corrected chi connectivity index (χ2v) is 4.46. The van der Waals surface area contributed by atoms with Crippen molar-refractivity contribution in [1.29, 1.82) is 0 Å². The summed E-state index contributed by atoms with van der Waals surface area (Å²) in [7, 11) is 1.87. The molecule has 1 N–H and O–H groups in total. The van der Waals surface area contributed by atoms with Crippen LogP contribution in [-0.2, 0) is 4.74 Å². The van der Waals surface area contributed by atoms with Gasteiger partial charge in [0.15, 0.2) is 0 Å². The van der Waals surface area contributed by atoms with Gasteiger partial charge in [-0.05, 0) is 45.7 Å². The van der Waals surface area contributed by atoms with Crippen molar-refractivity contribution in [3.63, 3.8) is 0 Å². The van der Waals surface area contributed by atoms with Gasteiger partial charge in [-0.2, -0.15) is 13.2 Å². The fourth-order valence-electron chi connectivity index (χ4n) is 1.95. The highest BCUT2D eigenvalue weighted by molar-refractivity contribution is 4.90. The minimum absolute atomic E-state index is 0.0742. The Labute approximate surface area is 94.5 Å². The second kappa shape index (κ2) is 5.87. The zero-order valence-electron chi connectivity index (χ0n) is 9.70. The van der Waals surface area contributed by atoms with Gasteiger partial charge in [-0.1, -0.05) is 0 Å². The third-order valence-electron chi connectivity index (χ3n) is 3.11. The normalized spacial score (nSPS) is 19.5. The van der Waals surface area contributed by atoms with E-state index >= 15 is 0 Å². The summed E-state index contributed by atoms with van der Waals surface area (Å²) >= 11 is 0. The number of hydrogen-bond donors (Lipinski definition) is 1. The van der Waals surface area contributed by atoms with Crippen molar-refractivity contribution in [3.05, 3.63) is 0 Å². The first-order valence-corrected chi connectivity index (χ1v) is 5.83. The molecule has 1 fully saturated rings. The maximum absolute atomic E-state index is 11.9. The molecule has 0 aromatic rings. The van der Waals surface area contributed by atoms with Gasteiger partial charge in [0.05, 0.1) is 5.60 Å². The SMILES string of the molecule is CNCCC1(OCCCC(F)(F)F)CCC1. The highest BCUT2D eigenvalue weighted by atomic mass is 19.4. The molecule has 0 spiro atoms. The van der Waals surface area contributed by atoms with E-state index in [0.29, 0.717) is 0 Å². The molecule has 1 aliphatic carbocycles. The van der Waals surface area contributed by atoms with Gasteiger partial charge in [-0.15, -0.1) is 0 Å². The van der Waals surface area contributed by atoms with Crippen molar-refractivity contribution in [2.45, 2.75) is 50.3 Å². The summed E-state index contributed by atoms with van der Waals surface area (Å²) in [5.41, 5.74) is -0.130. The summed E-state index contributed by atoms with van der Waals surface area (Å²) in [6, 6.07) is 0. The molecular weight excluding hydrogens is 219 g/mol. The Morgan fingerprint density at radius 2 is 2.00 bits per heavy atom. The van der Waals surface area contributed by atoms with E-state index in [1.807, 2.05) is 7.05 Å². The van der Waals surface area contributed by atoms with E-state index in [1.54, 1.807) is 0 Å². The Kier molecular flexibility index (Phi) is 5.05. The van der Waals surface area contributed by atoms with Crippen LogP contribution in [0.3, 0.4) is 0 Å². The van der Waals surface area contributed by atoms with E-state index in [4.69, 9.17) is 4.74 Å². The van der Waals surface area contributed by atoms with Crippen molar-refractivity contribution >= 4 is 0 Å². The summed E-state index contributed by atoms with van der Waals surface area (Å²) in [5.74, 6) is 0. The topological polar surface area (TPSA) is 21.3 Å². The molecule has 0 aromatic carbocycles. The van der Waals surface area contributed by atoms with Crippen LogP contribution in [-0.4, -0.2) is 32.0 Å². The molecule has 1 saturated carbocycles. The quantitative estimate of drug-likeness (QED) is 0.690. The summed E-state index contributed by atoms with van der Waals surface area (Å²) in [4.78, 5) is 0. The molecule has 0 aliphatic heterocycles. The first kappa shape index (κ1) is 13.8. The maximum Gasteiger partial charge on any atom is 0.389 e. The summed E-state index contributed by atoms with van der Waals surface area (Å²) in [6.07, 6.45) is -0.721. The average Bonchev–Trinajstić information content (AvgIpc) is 2.13. The lowest BCUT2D eigenvalue weighted by Gasteiger charge is -2.42. The van der Waals surface area contributed by atoms with Gasteiger partial charge in [0.2, 0.25) is 0 Å². The van der Waals surface area contributed by atoms with E-state index in [9.17, 15) is 13.2 Å². The monoisotopic (exact) mass is 239 g/mol. The van der Waals surface area contributed by atoms with Crippen LogP contribution in [0, 0.1) is 0 Å². The second-order valence-electron chi connectivity index (χ2n) is 4.46. The molecule has 0 radical (unpaired) electrons. The van der Waals surface area contributed by atoms with Crippen molar-refractivity contribution in [2.24, 2.45) is 0 Å². The van der Waals surface area contributed by atoms with Gasteiger partial charge in [-0.25, -0.2) is 0 Å². The summed E-state index contributed by atoms with van der Waals surface area (Å²) in [6.45, 7) is 1.09. The molecule has 0 heterocycles. The lowest BCUT2D eigenvalue weighted by molar-refractivity contribution is -0.148. The number of nitrogens with one attached hydrogen (secondary N) is 1. The Balaban J connectivity index is 2.14. The smallest absolute Gasteiger partial charge is 0.375 e. The van der Waals surface area contributed by atoms with Gasteiger partial charge >= 0.3 is 6.18 Å². The molecule has 96 valence electrons. The van der Waals surface area contributed by atoms with Gasteiger partial charge < -0.3 is 10.1 Å². The van der Waals surface area contributed by atoms with Crippen LogP contribution >= 0.6 is 0 Å². The minimum atomic E-state index is -4.05. The summed E-state index contributed by atoms with van der Waals surface area (Å²) in [5, 5.41) is 3.05. The Bertz CT molecular complexity index is 202. The molecule has 0 bridgehead atoms. The van der Waals surface area contributed by atoms with Crippen molar-refractivity contribution in [1.82, 2.24) is 5.32 Å². The zero-order chi connectivity index (χ0) is 12.1. The molecule has 5 heteroatoms. The highest BCUT2D eigenvalue weighted by Crippen LogP contribution is 2.38. The number of halogens is 3. The van der Waals surface area contributed by atoms with Crippen LogP contribution in [0.25, 0.3) is 0 Å². The van der Waals surface area contributed by atoms with Gasteiger partial charge in [0, 0.05) is 13.0 Å². The van der Waals surface area contributed by atoms with Crippen LogP contribution < -0.4 is 5.32 Å². The molecule has 0 saturated heterocycles. The Morgan fingerprint density at radius 3 is 2.44 bits per heavy atom. The highest BCUT2D eigenvalue weighted by Gasteiger charge is 2.37. The molecule has 16 heavy (non-hydrogen) atoms. The van der Waals surface area contributed by atoms with Crippen molar-refractivity contribution < 1.29 is 17.9 Å². The van der Waals surface area contributed by atoms with Crippen LogP contribution in [0.5, 0.6) is 0 Å². The van der Waals surface area contributed by atoms with Crippen molar-refractivity contribution in [2.75, 3.05) is 20.2 Å². The summed E-state index contributed by atoms with van der Waals surface area (Å²) < 4.78 is 41.3. The van der Waals surface area contributed by atoms with E-state index in [2.05, 4.69) is 5.32 Å². The number of hydrogen-bond acceptors (Lipinski definition) is 2. The first-order valence-electron chi connectivity index (χ1n) is 5.83. The first-order chi connectivity index (χ1) is 7.47. The maximum atomic E-state index is 11.9. The number of ether oxygens (including phenoxy) is 1. The minimum Gasteiger partial charge on any atom is -0.375 e. The molecule has 1 rings (SSSR count). The molecule has 2 nitrogen and oxygen atoms in total. The van der Waals surface area contributed by atoms with E-state index in [-0.39, 0.29) is 18.6 Å². The fourth-order valence-corrected chi connectivity index (χ4v) is 1.95. The predicted molar refractivity (Wildman–Crippen MR) is 56.4 cm³/mol. The van der Waals surface area contributed by atoms with Crippen LogP contribution in [0.2, 0.25) is 0 Å². The van der Waals surface area contributed by atoms with Crippen LogP contribution in [0.15, 0.2) is 0 Å². The van der Waals surface area contributed by atoms with E-state index in [0.717, 1.165) is 32.2 Å². The van der Waals surface area contributed by atoms with Crippen LogP contribution in [0.1, 0.15) is 38.5 Å².